The summed E-state index contributed by atoms with van der Waals surface area (Å²) in [5.74, 6) is 0.825. The Bertz CT molecular complexity index is 1470. The van der Waals surface area contributed by atoms with Gasteiger partial charge < -0.3 is 14.7 Å². The second-order valence-electron chi connectivity index (χ2n) is 22.1. The molecule has 0 aromatic rings. The Labute approximate surface area is 329 Å². The molecule has 0 heterocycles. The van der Waals surface area contributed by atoms with Crippen LogP contribution < -0.4 is 0 Å². The van der Waals surface area contributed by atoms with E-state index in [-0.39, 0.29) is 51.5 Å². The highest BCUT2D eigenvalue weighted by Crippen LogP contribution is 2.77. The van der Waals surface area contributed by atoms with Gasteiger partial charge in [-0.25, -0.2) is 0 Å². The van der Waals surface area contributed by atoms with Crippen LogP contribution in [0.1, 0.15) is 165 Å². The number of carboxylic acids is 1. The van der Waals surface area contributed by atoms with Gasteiger partial charge in [0.15, 0.2) is 5.78 Å². The molecule has 5 saturated carbocycles. The average molecular weight is 751 g/mol. The molecule has 0 aliphatic heterocycles. The van der Waals surface area contributed by atoms with Crippen LogP contribution in [0.25, 0.3) is 0 Å². The first-order chi connectivity index (χ1) is 25.1. The van der Waals surface area contributed by atoms with E-state index in [1.54, 1.807) is 19.4 Å². The van der Waals surface area contributed by atoms with Gasteiger partial charge in [0.25, 0.3) is 0 Å². The van der Waals surface area contributed by atoms with E-state index in [1.807, 2.05) is 0 Å². The summed E-state index contributed by atoms with van der Waals surface area (Å²) in [6.45, 7) is 23.6. The number of ether oxygens (including phenoxy) is 1. The van der Waals surface area contributed by atoms with E-state index in [0.29, 0.717) is 29.6 Å². The normalized spacial score (nSPS) is 38.3. The van der Waals surface area contributed by atoms with Gasteiger partial charge in [-0.3, -0.25) is 19.3 Å². The van der Waals surface area contributed by atoms with Crippen LogP contribution in [0.3, 0.4) is 0 Å². The zero-order valence-electron chi connectivity index (χ0n) is 36.4. The third-order valence-corrected chi connectivity index (χ3v) is 17.8. The molecule has 0 bridgehead atoms. The molecule has 6 aliphatic carbocycles. The number of rotatable bonds is 12. The molecule has 6 rings (SSSR count). The monoisotopic (exact) mass is 751 g/mol. The Kier molecular flexibility index (Phi) is 11.6. The first-order valence-electron chi connectivity index (χ1n) is 22.2. The number of ketones is 1. The van der Waals surface area contributed by atoms with Gasteiger partial charge in [-0.05, 0) is 151 Å². The van der Waals surface area contributed by atoms with Crippen LogP contribution in [0.15, 0.2) is 11.1 Å². The van der Waals surface area contributed by atoms with Crippen molar-refractivity contribution in [2.75, 3.05) is 33.7 Å². The van der Waals surface area contributed by atoms with E-state index in [0.717, 1.165) is 58.2 Å². The molecule has 54 heavy (non-hydrogen) atoms. The summed E-state index contributed by atoms with van der Waals surface area (Å²) in [7, 11) is 4.39. The summed E-state index contributed by atoms with van der Waals surface area (Å²) >= 11 is 0. The minimum Gasteiger partial charge on any atom is -0.481 e. The highest BCUT2D eigenvalue weighted by molar-refractivity contribution is 6.00. The van der Waals surface area contributed by atoms with E-state index in [9.17, 15) is 19.5 Å². The lowest BCUT2D eigenvalue weighted by atomic mass is 9.33. The molecule has 0 spiro atoms. The number of nitrogens with zero attached hydrogens (tertiary/aromatic N) is 2. The number of fused-ring (bicyclic) bond motifs is 7. The third-order valence-electron chi connectivity index (χ3n) is 17.8. The van der Waals surface area contributed by atoms with Crippen LogP contribution in [-0.2, 0) is 19.1 Å². The van der Waals surface area contributed by atoms with Crippen molar-refractivity contribution in [3.63, 3.8) is 0 Å². The first-order valence-corrected chi connectivity index (χ1v) is 22.2. The van der Waals surface area contributed by atoms with Crippen LogP contribution >= 0.6 is 0 Å². The number of aliphatic carboxylic acids is 1. The highest BCUT2D eigenvalue weighted by atomic mass is 16.5. The van der Waals surface area contributed by atoms with Crippen molar-refractivity contribution in [3.8, 4) is 0 Å². The topological polar surface area (TPSA) is 87.2 Å². The number of likely N-dealkylation sites (N-methyl/N-ethyl adjacent to an activating group) is 1. The van der Waals surface area contributed by atoms with Crippen molar-refractivity contribution in [2.45, 2.75) is 177 Å². The van der Waals surface area contributed by atoms with Crippen molar-refractivity contribution in [2.24, 2.45) is 56.2 Å². The van der Waals surface area contributed by atoms with Crippen molar-refractivity contribution in [3.05, 3.63) is 11.1 Å². The minimum atomic E-state index is -1.14. The van der Waals surface area contributed by atoms with Crippen molar-refractivity contribution in [1.29, 1.82) is 0 Å². The van der Waals surface area contributed by atoms with Crippen molar-refractivity contribution in [1.82, 2.24) is 9.80 Å². The van der Waals surface area contributed by atoms with Crippen LogP contribution in [-0.4, -0.2) is 78.5 Å². The number of carboxylic acid groups (broad SMARTS) is 1. The van der Waals surface area contributed by atoms with Gasteiger partial charge in [0, 0.05) is 36.4 Å². The van der Waals surface area contributed by atoms with Gasteiger partial charge in [0.2, 0.25) is 0 Å². The lowest BCUT2D eigenvalue weighted by molar-refractivity contribution is -0.233. The number of Topliss-reactive ketones (excluding diaryl/α,β-unsaturated/α-hetero) is 1. The molecule has 7 heteroatoms. The fourth-order valence-electron chi connectivity index (χ4n) is 14.5. The molecule has 2 unspecified atom stereocenters. The second-order valence-corrected chi connectivity index (χ2v) is 22.1. The maximum atomic E-state index is 14.3. The Hall–Kier alpha value is -1.73. The lowest BCUT2D eigenvalue weighted by Crippen LogP contribution is -2.65. The Morgan fingerprint density at radius 2 is 1.52 bits per heavy atom. The highest BCUT2D eigenvalue weighted by Gasteiger charge is 2.70. The van der Waals surface area contributed by atoms with E-state index in [1.165, 1.54) is 63.4 Å². The molecular formula is C47H78N2O5. The summed E-state index contributed by atoms with van der Waals surface area (Å²) in [6, 6.07) is 0.683. The molecule has 0 aromatic heterocycles. The Morgan fingerprint density at radius 1 is 0.833 bits per heavy atom. The van der Waals surface area contributed by atoms with Gasteiger partial charge >= 0.3 is 11.9 Å². The van der Waals surface area contributed by atoms with Gasteiger partial charge in [-0.15, -0.1) is 0 Å². The number of carbonyl (C=O) groups excluding carboxylic acids is 2. The summed E-state index contributed by atoms with van der Waals surface area (Å²) in [6.07, 6.45) is 17.2. The molecule has 6 aliphatic rings. The van der Waals surface area contributed by atoms with Crippen molar-refractivity contribution < 1.29 is 24.2 Å². The zero-order chi connectivity index (χ0) is 39.6. The summed E-state index contributed by atoms with van der Waals surface area (Å²) in [5.41, 5.74) is 1.93. The Morgan fingerprint density at radius 3 is 2.15 bits per heavy atom. The maximum absolute atomic E-state index is 14.3. The molecular weight excluding hydrogens is 673 g/mol. The summed E-state index contributed by atoms with van der Waals surface area (Å²) < 4.78 is 6.22. The molecule has 1 N–H and O–H groups in total. The van der Waals surface area contributed by atoms with Crippen LogP contribution in [0.2, 0.25) is 0 Å². The van der Waals surface area contributed by atoms with Crippen LogP contribution in [0.5, 0.6) is 0 Å². The molecule has 0 amide bonds. The second kappa shape index (κ2) is 14.9. The largest absolute Gasteiger partial charge is 0.481 e. The van der Waals surface area contributed by atoms with Crippen LogP contribution in [0.4, 0.5) is 0 Å². The fourth-order valence-corrected chi connectivity index (χ4v) is 14.5. The Balaban J connectivity index is 1.26. The number of esters is 1. The predicted octanol–water partition coefficient (Wildman–Crippen LogP) is 9.97. The SMILES string of the molecule is CC(C)C1=C2[C@H]3CCC4[C@@]5(C)CC[C@H](OC(=O)CC(C)(C)C(=O)O)C(C)(C)C5CC[C@@]4(C)[C@]3(C)CC[C@@]2(CCN(CCN(C)C)C2CCCCC2)CC1=O. The fraction of sp³-hybridized carbons (Fsp3) is 0.894. The number of hydrogen-bond acceptors (Lipinski definition) is 6. The van der Waals surface area contributed by atoms with Gasteiger partial charge in [-0.2, -0.15) is 0 Å². The van der Waals surface area contributed by atoms with Gasteiger partial charge in [-0.1, -0.05) is 73.3 Å². The molecule has 0 aromatic carbocycles. The van der Waals surface area contributed by atoms with Gasteiger partial charge in [0.1, 0.15) is 6.10 Å². The molecule has 5 fully saturated rings. The average Bonchev–Trinajstić information content (AvgIpc) is 3.38. The van der Waals surface area contributed by atoms with Crippen molar-refractivity contribution >= 4 is 17.7 Å². The molecule has 8 atom stereocenters. The molecule has 0 saturated heterocycles. The zero-order valence-corrected chi connectivity index (χ0v) is 36.4. The lowest BCUT2D eigenvalue weighted by Gasteiger charge is -2.72. The summed E-state index contributed by atoms with van der Waals surface area (Å²) in [5, 5.41) is 9.65. The standard InChI is InChI=1S/C47H78N2O5/c1-31(2)39-34(50)29-47(25-26-49(28-27-48(10)11)32-15-13-12-14-16-32)24-23-45(8)33(40(39)47)17-18-36-44(7)21-20-37(54-38(51)30-42(3,4)41(52)53)43(5,6)35(44)19-22-46(36,45)9/h31-33,35-37H,12-30H2,1-11H3,(H,52,53)/t33-,35?,36?,37+,44+,45-,46-,47-/m1/s1. The van der Waals surface area contributed by atoms with E-state index in [2.05, 4.69) is 72.4 Å². The number of carbonyl (C=O) groups is 3. The quantitative estimate of drug-likeness (QED) is 0.199. The smallest absolute Gasteiger partial charge is 0.309 e. The third kappa shape index (κ3) is 6.98. The number of allylic oxidation sites excluding steroid dienone is 2. The molecule has 0 radical (unpaired) electrons. The minimum absolute atomic E-state index is 0.00925. The van der Waals surface area contributed by atoms with Crippen LogP contribution in [0, 0.1) is 56.2 Å². The molecule has 7 nitrogen and oxygen atoms in total. The number of hydrogen-bond donors (Lipinski definition) is 1. The maximum Gasteiger partial charge on any atom is 0.309 e. The van der Waals surface area contributed by atoms with E-state index in [4.69, 9.17) is 4.74 Å². The van der Waals surface area contributed by atoms with Gasteiger partial charge in [0.05, 0.1) is 11.8 Å². The predicted molar refractivity (Wildman–Crippen MR) is 217 cm³/mol. The van der Waals surface area contributed by atoms with E-state index >= 15 is 0 Å². The van der Waals surface area contributed by atoms with E-state index < -0.39 is 11.4 Å². The first kappa shape index (κ1) is 41.9. The molecule has 306 valence electrons. The summed E-state index contributed by atoms with van der Waals surface area (Å²) in [4.78, 5) is 44.4.